The lowest BCUT2D eigenvalue weighted by Gasteiger charge is -2.35. The predicted molar refractivity (Wildman–Crippen MR) is 115 cm³/mol. The maximum absolute atomic E-state index is 12.3. The molecule has 0 aromatic carbocycles. The Morgan fingerprint density at radius 3 is 2.70 bits per heavy atom. The van der Waals surface area contributed by atoms with Gasteiger partial charge in [0.1, 0.15) is 5.82 Å². The molecule has 0 radical (unpaired) electrons. The van der Waals surface area contributed by atoms with Gasteiger partial charge in [-0.05, 0) is 63.5 Å². The SMILES string of the molecule is CN.COC(=O)N1CCCC(C)C(N)C1COC1CCC2(c3ncccn3)CC2C1. The molecule has 6 atom stereocenters. The average Bonchev–Trinajstić information content (AvgIpc) is 3.55. The predicted octanol–water partition coefficient (Wildman–Crippen LogP) is 2.07. The highest BCUT2D eigenvalue weighted by molar-refractivity contribution is 5.68. The molecule has 3 fully saturated rings. The highest BCUT2D eigenvalue weighted by Gasteiger charge is 2.59. The van der Waals surface area contributed by atoms with E-state index in [2.05, 4.69) is 22.6 Å². The van der Waals surface area contributed by atoms with Crippen molar-refractivity contribution in [3.8, 4) is 0 Å². The number of rotatable bonds is 4. The van der Waals surface area contributed by atoms with E-state index in [0.29, 0.717) is 25.0 Å². The molecule has 168 valence electrons. The zero-order valence-electron chi connectivity index (χ0n) is 18.5. The first-order chi connectivity index (χ1) is 14.5. The second kappa shape index (κ2) is 10.0. The van der Waals surface area contributed by atoms with E-state index >= 15 is 0 Å². The van der Waals surface area contributed by atoms with Crippen LogP contribution in [0.25, 0.3) is 0 Å². The molecule has 1 saturated heterocycles. The van der Waals surface area contributed by atoms with Crippen molar-refractivity contribution in [3.05, 3.63) is 24.3 Å². The van der Waals surface area contributed by atoms with E-state index in [1.807, 2.05) is 18.5 Å². The number of nitrogens with two attached hydrogens (primary N) is 2. The zero-order chi connectivity index (χ0) is 21.7. The van der Waals surface area contributed by atoms with E-state index in [4.69, 9.17) is 15.2 Å². The Hall–Kier alpha value is -1.77. The summed E-state index contributed by atoms with van der Waals surface area (Å²) in [5, 5.41) is 0. The van der Waals surface area contributed by atoms with Gasteiger partial charge in [0, 0.05) is 30.4 Å². The summed E-state index contributed by atoms with van der Waals surface area (Å²) in [6.45, 7) is 3.32. The summed E-state index contributed by atoms with van der Waals surface area (Å²) in [6.07, 6.45) is 9.83. The highest BCUT2D eigenvalue weighted by atomic mass is 16.5. The average molecular weight is 420 g/mol. The maximum Gasteiger partial charge on any atom is 0.409 e. The van der Waals surface area contributed by atoms with Gasteiger partial charge in [0.25, 0.3) is 0 Å². The molecule has 2 aliphatic carbocycles. The normalized spacial score (nSPS) is 35.4. The van der Waals surface area contributed by atoms with Crippen molar-refractivity contribution in [2.75, 3.05) is 27.3 Å². The molecule has 1 aliphatic heterocycles. The number of methoxy groups -OCH3 is 1. The van der Waals surface area contributed by atoms with Crippen molar-refractivity contribution >= 4 is 6.09 Å². The molecular formula is C22H37N5O3. The number of nitrogens with zero attached hydrogens (tertiary/aromatic N) is 3. The number of hydrogen-bond donors (Lipinski definition) is 2. The third kappa shape index (κ3) is 4.60. The zero-order valence-corrected chi connectivity index (χ0v) is 18.5. The van der Waals surface area contributed by atoms with Crippen LogP contribution in [-0.2, 0) is 14.9 Å². The van der Waals surface area contributed by atoms with E-state index < -0.39 is 0 Å². The number of ether oxygens (including phenoxy) is 2. The van der Waals surface area contributed by atoms with E-state index in [1.165, 1.54) is 14.2 Å². The standard InChI is InChI=1S/C21H32N4O3.CH5N/c1-14-5-3-10-25(20(26)27-2)17(18(14)22)13-28-16-6-7-21(12-15(21)11-16)19-23-8-4-9-24-19;1-2/h4,8-9,14-18H,3,5-7,10-13,22H2,1-2H3;2H2,1H3. The summed E-state index contributed by atoms with van der Waals surface area (Å²) in [6, 6.07) is 1.65. The first-order valence-corrected chi connectivity index (χ1v) is 11.1. The van der Waals surface area contributed by atoms with Crippen molar-refractivity contribution in [2.45, 2.75) is 69.1 Å². The third-order valence-corrected chi connectivity index (χ3v) is 7.17. The van der Waals surface area contributed by atoms with Crippen LogP contribution in [-0.4, -0.2) is 66.5 Å². The Morgan fingerprint density at radius 2 is 2.03 bits per heavy atom. The van der Waals surface area contributed by atoms with Crippen LogP contribution in [0.5, 0.6) is 0 Å². The third-order valence-electron chi connectivity index (χ3n) is 7.17. The Kier molecular flexibility index (Phi) is 7.65. The summed E-state index contributed by atoms with van der Waals surface area (Å²) >= 11 is 0. The first kappa shape index (κ1) is 22.9. The molecule has 1 amide bonds. The molecule has 30 heavy (non-hydrogen) atoms. The summed E-state index contributed by atoms with van der Waals surface area (Å²) < 4.78 is 11.3. The fourth-order valence-corrected chi connectivity index (χ4v) is 5.25. The number of aromatic nitrogens is 2. The van der Waals surface area contributed by atoms with Crippen LogP contribution >= 0.6 is 0 Å². The van der Waals surface area contributed by atoms with Gasteiger partial charge in [0.15, 0.2) is 0 Å². The Labute approximate surface area is 179 Å². The molecule has 0 bridgehead atoms. The minimum atomic E-state index is -0.302. The van der Waals surface area contributed by atoms with Crippen molar-refractivity contribution in [2.24, 2.45) is 23.3 Å². The lowest BCUT2D eigenvalue weighted by molar-refractivity contribution is -0.0173. The number of hydrogen-bond acceptors (Lipinski definition) is 7. The van der Waals surface area contributed by atoms with E-state index in [1.54, 1.807) is 4.90 Å². The molecule has 2 saturated carbocycles. The number of likely N-dealkylation sites (tertiary alicyclic amines) is 1. The van der Waals surface area contributed by atoms with E-state index in [0.717, 1.165) is 44.3 Å². The van der Waals surface area contributed by atoms with Crippen LogP contribution in [0.3, 0.4) is 0 Å². The smallest absolute Gasteiger partial charge is 0.409 e. The van der Waals surface area contributed by atoms with Crippen LogP contribution in [0.1, 0.15) is 51.3 Å². The number of fused-ring (bicyclic) bond motifs is 1. The maximum atomic E-state index is 12.3. The highest BCUT2D eigenvalue weighted by Crippen LogP contribution is 2.61. The van der Waals surface area contributed by atoms with Crippen molar-refractivity contribution in [1.82, 2.24) is 14.9 Å². The van der Waals surface area contributed by atoms with Gasteiger partial charge in [-0.2, -0.15) is 0 Å². The fourth-order valence-electron chi connectivity index (χ4n) is 5.25. The molecule has 0 spiro atoms. The molecule has 6 unspecified atom stereocenters. The largest absolute Gasteiger partial charge is 0.453 e. The van der Waals surface area contributed by atoms with Crippen LogP contribution < -0.4 is 11.5 Å². The summed E-state index contributed by atoms with van der Waals surface area (Å²) in [5.41, 5.74) is 11.2. The molecule has 3 aliphatic rings. The van der Waals surface area contributed by atoms with Crippen molar-refractivity contribution < 1.29 is 14.3 Å². The van der Waals surface area contributed by atoms with Gasteiger partial charge in [-0.25, -0.2) is 14.8 Å². The molecule has 8 heteroatoms. The summed E-state index contributed by atoms with van der Waals surface area (Å²) in [7, 11) is 2.93. The van der Waals surface area contributed by atoms with Gasteiger partial charge < -0.3 is 25.8 Å². The minimum Gasteiger partial charge on any atom is -0.453 e. The molecule has 1 aromatic rings. The van der Waals surface area contributed by atoms with Crippen molar-refractivity contribution in [3.63, 3.8) is 0 Å². The quantitative estimate of drug-likeness (QED) is 0.767. The molecule has 1 aromatic heterocycles. The van der Waals surface area contributed by atoms with Crippen LogP contribution in [0.2, 0.25) is 0 Å². The number of carbonyl (C=O) groups is 1. The Balaban J connectivity index is 0.00000124. The number of amides is 1. The summed E-state index contributed by atoms with van der Waals surface area (Å²) in [4.78, 5) is 23.0. The van der Waals surface area contributed by atoms with Gasteiger partial charge in [-0.3, -0.25) is 0 Å². The topological polar surface area (TPSA) is 117 Å². The van der Waals surface area contributed by atoms with Crippen LogP contribution in [0.4, 0.5) is 4.79 Å². The second-order valence-corrected chi connectivity index (χ2v) is 8.79. The van der Waals surface area contributed by atoms with E-state index in [9.17, 15) is 4.79 Å². The molecule has 4 rings (SSSR count). The Morgan fingerprint density at radius 1 is 1.30 bits per heavy atom. The van der Waals surface area contributed by atoms with Gasteiger partial charge >= 0.3 is 6.09 Å². The molecule has 4 N–H and O–H groups in total. The second-order valence-electron chi connectivity index (χ2n) is 8.79. The fraction of sp³-hybridized carbons (Fsp3) is 0.773. The van der Waals surface area contributed by atoms with E-state index in [-0.39, 0.29) is 29.7 Å². The molecule has 2 heterocycles. The number of carbonyl (C=O) groups excluding carboxylic acids is 1. The van der Waals surface area contributed by atoms with Crippen LogP contribution in [0, 0.1) is 11.8 Å². The monoisotopic (exact) mass is 419 g/mol. The molecular weight excluding hydrogens is 382 g/mol. The Bertz CT molecular complexity index is 691. The van der Waals surface area contributed by atoms with Gasteiger partial charge in [-0.15, -0.1) is 0 Å². The first-order valence-electron chi connectivity index (χ1n) is 11.1. The van der Waals surface area contributed by atoms with Gasteiger partial charge in [0.05, 0.1) is 25.9 Å². The minimum absolute atomic E-state index is 0.0945. The summed E-state index contributed by atoms with van der Waals surface area (Å²) in [5.74, 6) is 1.96. The van der Waals surface area contributed by atoms with Crippen molar-refractivity contribution in [1.29, 1.82) is 0 Å². The van der Waals surface area contributed by atoms with Gasteiger partial charge in [-0.1, -0.05) is 6.92 Å². The lowest BCUT2D eigenvalue weighted by atomic mass is 9.86. The molecule has 8 nitrogen and oxygen atoms in total. The van der Waals surface area contributed by atoms with Crippen LogP contribution in [0.15, 0.2) is 18.5 Å². The lowest BCUT2D eigenvalue weighted by Crippen LogP contribution is -2.54. The van der Waals surface area contributed by atoms with Gasteiger partial charge in [0.2, 0.25) is 0 Å².